The molecular weight excluding hydrogens is 769 g/mol. The fourth-order valence-electron chi connectivity index (χ4n) is 8.52. The lowest BCUT2D eigenvalue weighted by Gasteiger charge is -2.18. The fraction of sp³-hybridized carbons (Fsp3) is 0.946. The van der Waals surface area contributed by atoms with Gasteiger partial charge in [-0.05, 0) is 31.1 Å². The van der Waals surface area contributed by atoms with E-state index in [1.165, 1.54) is 199 Å². The number of rotatable bonds is 50. The van der Waals surface area contributed by atoms with Gasteiger partial charge in [0.1, 0.15) is 13.2 Å². The van der Waals surface area contributed by atoms with Crippen LogP contribution in [0.1, 0.15) is 311 Å². The zero-order chi connectivity index (χ0) is 45.4. The lowest BCUT2D eigenvalue weighted by molar-refractivity contribution is -0.167. The molecule has 0 aromatic rings. The molecule has 0 aromatic heterocycles. The fourth-order valence-corrected chi connectivity index (χ4v) is 8.52. The number of carbonyl (C=O) groups is 3. The van der Waals surface area contributed by atoms with Crippen LogP contribution in [0.25, 0.3) is 0 Å². The van der Waals surface area contributed by atoms with Crippen LogP contribution < -0.4 is 0 Å². The lowest BCUT2D eigenvalue weighted by Crippen LogP contribution is -2.30. The molecule has 0 aliphatic rings. The molecule has 6 heteroatoms. The quantitative estimate of drug-likeness (QED) is 0.0344. The van der Waals surface area contributed by atoms with Gasteiger partial charge in [0.05, 0.1) is 0 Å². The maximum atomic E-state index is 12.8. The van der Waals surface area contributed by atoms with Gasteiger partial charge in [0.2, 0.25) is 0 Å². The molecule has 0 spiro atoms. The average molecular weight is 877 g/mol. The predicted octanol–water partition coefficient (Wildman–Crippen LogP) is 18.1. The Kier molecular flexibility index (Phi) is 47.6. The summed E-state index contributed by atoms with van der Waals surface area (Å²) < 4.78 is 16.8. The van der Waals surface area contributed by atoms with Gasteiger partial charge in [-0.3, -0.25) is 14.4 Å². The smallest absolute Gasteiger partial charge is 0.306 e. The third-order valence-electron chi connectivity index (χ3n) is 12.7. The van der Waals surface area contributed by atoms with E-state index in [0.717, 1.165) is 69.6 Å². The van der Waals surface area contributed by atoms with Gasteiger partial charge in [-0.1, -0.05) is 272 Å². The molecular formula is C56H108O6. The summed E-state index contributed by atoms with van der Waals surface area (Å²) in [6.45, 7) is 11.4. The molecule has 368 valence electrons. The van der Waals surface area contributed by atoms with Crippen molar-refractivity contribution in [2.75, 3.05) is 13.2 Å². The number of hydrogen-bond donors (Lipinski definition) is 0. The Morgan fingerprint density at radius 3 is 0.790 bits per heavy atom. The van der Waals surface area contributed by atoms with Crippen molar-refractivity contribution in [1.29, 1.82) is 0 Å². The van der Waals surface area contributed by atoms with Crippen molar-refractivity contribution in [2.45, 2.75) is 317 Å². The first kappa shape index (κ1) is 60.4. The number of carbonyl (C=O) groups excluding carboxylic acids is 3. The molecule has 6 nitrogen and oxygen atoms in total. The van der Waals surface area contributed by atoms with E-state index in [9.17, 15) is 14.4 Å². The van der Waals surface area contributed by atoms with Gasteiger partial charge < -0.3 is 14.2 Å². The second-order valence-electron chi connectivity index (χ2n) is 20.2. The minimum atomic E-state index is -0.762. The maximum absolute atomic E-state index is 12.8. The molecule has 62 heavy (non-hydrogen) atoms. The van der Waals surface area contributed by atoms with Crippen molar-refractivity contribution in [1.82, 2.24) is 0 Å². The van der Waals surface area contributed by atoms with Crippen molar-refractivity contribution in [3.8, 4) is 0 Å². The molecule has 0 aromatic carbocycles. The number of hydrogen-bond acceptors (Lipinski definition) is 6. The van der Waals surface area contributed by atoms with E-state index in [1.807, 2.05) is 0 Å². The van der Waals surface area contributed by atoms with Crippen LogP contribution in [0.3, 0.4) is 0 Å². The van der Waals surface area contributed by atoms with Crippen LogP contribution in [0.2, 0.25) is 0 Å². The summed E-state index contributed by atoms with van der Waals surface area (Å²) in [6, 6.07) is 0. The monoisotopic (exact) mass is 877 g/mol. The summed E-state index contributed by atoms with van der Waals surface area (Å²) in [5.41, 5.74) is 0. The van der Waals surface area contributed by atoms with Crippen molar-refractivity contribution in [2.24, 2.45) is 11.8 Å². The highest BCUT2D eigenvalue weighted by molar-refractivity contribution is 5.71. The molecule has 0 rings (SSSR count). The van der Waals surface area contributed by atoms with E-state index in [2.05, 4.69) is 34.6 Å². The van der Waals surface area contributed by atoms with Crippen LogP contribution in [0.15, 0.2) is 0 Å². The molecule has 0 radical (unpaired) electrons. The average Bonchev–Trinajstić information content (AvgIpc) is 3.24. The molecule has 0 unspecified atom stereocenters. The Bertz CT molecular complexity index is 947. The van der Waals surface area contributed by atoms with Gasteiger partial charge in [-0.2, -0.15) is 0 Å². The van der Waals surface area contributed by atoms with Gasteiger partial charge in [0.25, 0.3) is 0 Å². The van der Waals surface area contributed by atoms with Crippen LogP contribution in [0.4, 0.5) is 0 Å². The van der Waals surface area contributed by atoms with Crippen molar-refractivity contribution in [3.05, 3.63) is 0 Å². The van der Waals surface area contributed by atoms with Gasteiger partial charge in [-0.25, -0.2) is 0 Å². The second kappa shape index (κ2) is 48.9. The zero-order valence-electron chi connectivity index (χ0n) is 42.5. The van der Waals surface area contributed by atoms with Gasteiger partial charge in [0, 0.05) is 19.3 Å². The SMILES string of the molecule is CCCCCCCCCCCCCCCCCC(=O)OC[C@@H](COC(=O)CCCCCCCCCC(C)C)OC(=O)CCCCCCCCCCCCCCCCCCC(C)C. The third kappa shape index (κ3) is 49.4. The molecule has 0 amide bonds. The first-order valence-electron chi connectivity index (χ1n) is 27.7. The minimum Gasteiger partial charge on any atom is -0.462 e. The summed E-state index contributed by atoms with van der Waals surface area (Å²) in [5, 5.41) is 0. The Morgan fingerprint density at radius 1 is 0.306 bits per heavy atom. The van der Waals surface area contributed by atoms with Crippen molar-refractivity contribution < 1.29 is 28.6 Å². The predicted molar refractivity (Wildman–Crippen MR) is 266 cm³/mol. The molecule has 0 fully saturated rings. The van der Waals surface area contributed by atoms with E-state index >= 15 is 0 Å². The number of unbranched alkanes of at least 4 members (excludes halogenated alkanes) is 35. The summed E-state index contributed by atoms with van der Waals surface area (Å²) >= 11 is 0. The van der Waals surface area contributed by atoms with E-state index in [-0.39, 0.29) is 31.1 Å². The van der Waals surface area contributed by atoms with Crippen LogP contribution >= 0.6 is 0 Å². The molecule has 0 aliphatic carbocycles. The van der Waals surface area contributed by atoms with Crippen molar-refractivity contribution >= 4 is 17.9 Å². The van der Waals surface area contributed by atoms with Crippen LogP contribution in [0.5, 0.6) is 0 Å². The summed E-state index contributed by atoms with van der Waals surface area (Å²) in [7, 11) is 0. The highest BCUT2D eigenvalue weighted by Crippen LogP contribution is 2.18. The Morgan fingerprint density at radius 2 is 0.532 bits per heavy atom. The van der Waals surface area contributed by atoms with Crippen LogP contribution in [-0.2, 0) is 28.6 Å². The third-order valence-corrected chi connectivity index (χ3v) is 12.7. The molecule has 0 bridgehead atoms. The van der Waals surface area contributed by atoms with Crippen LogP contribution in [-0.4, -0.2) is 37.2 Å². The standard InChI is InChI=1S/C56H108O6/c1-6-7-8-9-10-11-12-13-16-20-23-26-31-36-41-46-54(57)60-49-53(50-61-55(58)47-42-37-33-28-30-35-40-45-52(4)5)62-56(59)48-43-38-32-27-24-21-18-15-14-17-19-22-25-29-34-39-44-51(2)3/h51-53H,6-50H2,1-5H3/t53-/m0/s1. The minimum absolute atomic E-state index is 0.0635. The molecule has 0 heterocycles. The lowest BCUT2D eigenvalue weighted by atomic mass is 10.0. The number of esters is 3. The molecule has 0 N–H and O–H groups in total. The Balaban J connectivity index is 4.25. The van der Waals surface area contributed by atoms with E-state index in [4.69, 9.17) is 14.2 Å². The normalized spacial score (nSPS) is 12.0. The molecule has 0 saturated carbocycles. The summed E-state index contributed by atoms with van der Waals surface area (Å²) in [4.78, 5) is 38.0. The van der Waals surface area contributed by atoms with E-state index < -0.39 is 6.10 Å². The van der Waals surface area contributed by atoms with Gasteiger partial charge >= 0.3 is 17.9 Å². The van der Waals surface area contributed by atoms with Crippen molar-refractivity contribution in [3.63, 3.8) is 0 Å². The topological polar surface area (TPSA) is 78.9 Å². The maximum Gasteiger partial charge on any atom is 0.306 e. The van der Waals surface area contributed by atoms with E-state index in [1.54, 1.807) is 0 Å². The van der Waals surface area contributed by atoms with E-state index in [0.29, 0.717) is 19.3 Å². The molecule has 0 aliphatic heterocycles. The zero-order valence-corrected chi connectivity index (χ0v) is 42.5. The molecule has 0 saturated heterocycles. The second-order valence-corrected chi connectivity index (χ2v) is 20.2. The first-order chi connectivity index (χ1) is 30.2. The largest absolute Gasteiger partial charge is 0.462 e. The van der Waals surface area contributed by atoms with Gasteiger partial charge in [0.15, 0.2) is 6.10 Å². The highest BCUT2D eigenvalue weighted by Gasteiger charge is 2.19. The first-order valence-corrected chi connectivity index (χ1v) is 27.7. The Hall–Kier alpha value is -1.59. The summed E-state index contributed by atoms with van der Waals surface area (Å²) in [6.07, 6.45) is 51.0. The summed E-state index contributed by atoms with van der Waals surface area (Å²) in [5.74, 6) is 0.788. The van der Waals surface area contributed by atoms with Crippen LogP contribution in [0, 0.1) is 11.8 Å². The number of ether oxygens (including phenoxy) is 3. The Labute approximate surface area is 387 Å². The van der Waals surface area contributed by atoms with Gasteiger partial charge in [-0.15, -0.1) is 0 Å². The highest BCUT2D eigenvalue weighted by atomic mass is 16.6. The molecule has 1 atom stereocenters.